The lowest BCUT2D eigenvalue weighted by Crippen LogP contribution is -2.33. The molecule has 0 aliphatic heterocycles. The Balaban J connectivity index is 3.46. The van der Waals surface area contributed by atoms with E-state index in [9.17, 15) is 22.8 Å². The summed E-state index contributed by atoms with van der Waals surface area (Å²) in [6.45, 7) is -1.45. The molecule has 15 heavy (non-hydrogen) atoms. The molecule has 0 aromatic carbocycles. The number of hydrogen-bond donors (Lipinski definition) is 2. The van der Waals surface area contributed by atoms with Crippen LogP contribution >= 0.6 is 0 Å². The molecule has 0 unspecified atom stereocenters. The van der Waals surface area contributed by atoms with Crippen LogP contribution in [0.5, 0.6) is 0 Å². The quantitative estimate of drug-likeness (QED) is 0.674. The normalized spacial score (nSPS) is 10.9. The summed E-state index contributed by atoms with van der Waals surface area (Å²) < 4.78 is 39.1. The van der Waals surface area contributed by atoms with Crippen LogP contribution in [0.2, 0.25) is 0 Å². The molecule has 0 aliphatic rings. The molecule has 0 fully saturated rings. The predicted octanol–water partition coefficient (Wildman–Crippen LogP) is 0.540. The summed E-state index contributed by atoms with van der Waals surface area (Å²) in [7, 11) is 0. The van der Waals surface area contributed by atoms with Crippen molar-refractivity contribution in [3.05, 3.63) is 0 Å². The zero-order chi connectivity index (χ0) is 11.9. The van der Waals surface area contributed by atoms with Crippen molar-refractivity contribution in [1.29, 1.82) is 0 Å². The minimum absolute atomic E-state index is 0.0885. The third-order valence-electron chi connectivity index (χ3n) is 1.28. The van der Waals surface area contributed by atoms with Gasteiger partial charge >= 0.3 is 12.3 Å². The van der Waals surface area contributed by atoms with E-state index in [4.69, 9.17) is 0 Å². The fourth-order valence-electron chi connectivity index (χ4n) is 0.693. The zero-order valence-electron chi connectivity index (χ0n) is 7.76. The van der Waals surface area contributed by atoms with E-state index >= 15 is 0 Å². The van der Waals surface area contributed by atoms with E-state index in [1.165, 1.54) is 0 Å². The molecule has 0 rings (SSSR count). The van der Waals surface area contributed by atoms with Gasteiger partial charge in [-0.1, -0.05) is 0 Å². The Bertz CT molecular complexity index is 230. The fraction of sp³-hybridized carbons (Fsp3) is 0.714. The lowest BCUT2D eigenvalue weighted by atomic mass is 10.3. The number of carbonyl (C=O) groups excluding carboxylic acids is 2. The average Bonchev–Trinajstić information content (AvgIpc) is 2.07. The van der Waals surface area contributed by atoms with Crippen LogP contribution < -0.4 is 11.1 Å². The maximum atomic E-state index is 11.6. The Kier molecular flexibility index (Phi) is 5.50. The van der Waals surface area contributed by atoms with E-state index in [1.807, 2.05) is 0 Å². The zero-order valence-corrected chi connectivity index (χ0v) is 7.76. The molecule has 0 aliphatic carbocycles. The third kappa shape index (κ3) is 10.5. The standard InChI is InChI=1S/C7H11F3N2O3/c8-7(9,10)4-12-5(13)2-1-3-15-6(11)14/h1-4H2,(H2,11,14)(H,12,13). The van der Waals surface area contributed by atoms with Gasteiger partial charge in [0.2, 0.25) is 5.91 Å². The third-order valence-corrected chi connectivity index (χ3v) is 1.28. The van der Waals surface area contributed by atoms with E-state index in [-0.39, 0.29) is 19.4 Å². The number of primary amides is 1. The number of nitrogens with one attached hydrogen (secondary N) is 1. The van der Waals surface area contributed by atoms with E-state index in [0.717, 1.165) is 0 Å². The Labute approximate surface area is 83.8 Å². The number of rotatable bonds is 5. The van der Waals surface area contributed by atoms with Gasteiger partial charge in [0, 0.05) is 6.42 Å². The Hall–Kier alpha value is -1.47. The van der Waals surface area contributed by atoms with Crippen molar-refractivity contribution in [2.45, 2.75) is 19.0 Å². The van der Waals surface area contributed by atoms with Crippen molar-refractivity contribution in [2.75, 3.05) is 13.2 Å². The number of amides is 2. The van der Waals surface area contributed by atoms with Crippen molar-refractivity contribution < 1.29 is 27.5 Å². The number of hydrogen-bond acceptors (Lipinski definition) is 3. The highest BCUT2D eigenvalue weighted by molar-refractivity contribution is 5.75. The molecule has 0 saturated heterocycles. The number of ether oxygens (including phenoxy) is 1. The molecule has 88 valence electrons. The Morgan fingerprint density at radius 2 is 1.93 bits per heavy atom. The highest BCUT2D eigenvalue weighted by Gasteiger charge is 2.27. The van der Waals surface area contributed by atoms with Crippen LogP contribution in [0.1, 0.15) is 12.8 Å². The summed E-state index contributed by atoms with van der Waals surface area (Å²) in [6, 6.07) is 0. The van der Waals surface area contributed by atoms with Crippen LogP contribution in [0, 0.1) is 0 Å². The highest BCUT2D eigenvalue weighted by Crippen LogP contribution is 2.12. The smallest absolute Gasteiger partial charge is 0.405 e. The minimum Gasteiger partial charge on any atom is -0.450 e. The minimum atomic E-state index is -4.42. The number of carbonyl (C=O) groups is 2. The van der Waals surface area contributed by atoms with Crippen molar-refractivity contribution in [3.8, 4) is 0 Å². The molecular weight excluding hydrogens is 217 g/mol. The Morgan fingerprint density at radius 1 is 1.33 bits per heavy atom. The van der Waals surface area contributed by atoms with E-state index in [2.05, 4.69) is 10.5 Å². The monoisotopic (exact) mass is 228 g/mol. The lowest BCUT2D eigenvalue weighted by Gasteiger charge is -2.07. The van der Waals surface area contributed by atoms with Gasteiger partial charge in [0.1, 0.15) is 6.54 Å². The van der Waals surface area contributed by atoms with Crippen molar-refractivity contribution in [2.24, 2.45) is 5.73 Å². The molecule has 5 nitrogen and oxygen atoms in total. The molecule has 0 spiro atoms. The molecule has 0 aromatic heterocycles. The first-order valence-corrected chi connectivity index (χ1v) is 4.07. The van der Waals surface area contributed by atoms with Crippen LogP contribution in [0.3, 0.4) is 0 Å². The molecule has 0 atom stereocenters. The number of nitrogens with two attached hydrogens (primary N) is 1. The summed E-state index contributed by atoms with van der Waals surface area (Å²) in [4.78, 5) is 20.8. The SMILES string of the molecule is NC(=O)OCCCC(=O)NCC(F)(F)F. The molecule has 0 aromatic rings. The summed E-state index contributed by atoms with van der Waals surface area (Å²) in [6.07, 6.45) is -5.42. The maximum Gasteiger partial charge on any atom is 0.405 e. The Morgan fingerprint density at radius 3 is 2.40 bits per heavy atom. The van der Waals surface area contributed by atoms with Gasteiger partial charge in [-0.05, 0) is 6.42 Å². The first-order valence-electron chi connectivity index (χ1n) is 4.07. The van der Waals surface area contributed by atoms with Gasteiger partial charge in [-0.2, -0.15) is 13.2 Å². The van der Waals surface area contributed by atoms with Gasteiger partial charge in [0.25, 0.3) is 0 Å². The summed E-state index contributed by atoms with van der Waals surface area (Å²) >= 11 is 0. The second kappa shape index (κ2) is 6.10. The van der Waals surface area contributed by atoms with Crippen molar-refractivity contribution in [1.82, 2.24) is 5.32 Å². The van der Waals surface area contributed by atoms with Gasteiger partial charge in [-0.15, -0.1) is 0 Å². The summed E-state index contributed by atoms with van der Waals surface area (Å²) in [5.41, 5.74) is 4.61. The fourth-order valence-corrected chi connectivity index (χ4v) is 0.693. The van der Waals surface area contributed by atoms with E-state index in [0.29, 0.717) is 0 Å². The first kappa shape index (κ1) is 13.5. The van der Waals surface area contributed by atoms with Gasteiger partial charge in [0.15, 0.2) is 0 Å². The molecule has 8 heteroatoms. The molecule has 0 bridgehead atoms. The largest absolute Gasteiger partial charge is 0.450 e. The van der Waals surface area contributed by atoms with Crippen molar-refractivity contribution >= 4 is 12.0 Å². The number of halogens is 3. The van der Waals surface area contributed by atoms with Crippen molar-refractivity contribution in [3.63, 3.8) is 0 Å². The second-order valence-electron chi connectivity index (χ2n) is 2.66. The predicted molar refractivity (Wildman–Crippen MR) is 43.8 cm³/mol. The summed E-state index contributed by atoms with van der Waals surface area (Å²) in [5.74, 6) is -0.750. The first-order chi connectivity index (χ1) is 6.81. The summed E-state index contributed by atoms with van der Waals surface area (Å²) in [5, 5.41) is 1.68. The van der Waals surface area contributed by atoms with E-state index in [1.54, 1.807) is 5.32 Å². The van der Waals surface area contributed by atoms with E-state index < -0.39 is 24.7 Å². The van der Waals surface area contributed by atoms with Gasteiger partial charge in [0.05, 0.1) is 6.61 Å². The molecular formula is C7H11F3N2O3. The lowest BCUT2D eigenvalue weighted by molar-refractivity contribution is -0.138. The van der Waals surface area contributed by atoms with Gasteiger partial charge < -0.3 is 15.8 Å². The van der Waals surface area contributed by atoms with Crippen LogP contribution in [0.25, 0.3) is 0 Å². The maximum absolute atomic E-state index is 11.6. The highest BCUT2D eigenvalue weighted by atomic mass is 19.4. The molecule has 2 amide bonds. The molecule has 3 N–H and O–H groups in total. The number of alkyl halides is 3. The van der Waals surface area contributed by atoms with Crippen LogP contribution in [-0.4, -0.2) is 31.3 Å². The second-order valence-corrected chi connectivity index (χ2v) is 2.66. The van der Waals surface area contributed by atoms with Gasteiger partial charge in [-0.25, -0.2) is 4.79 Å². The van der Waals surface area contributed by atoms with Crippen LogP contribution in [0.4, 0.5) is 18.0 Å². The average molecular weight is 228 g/mol. The van der Waals surface area contributed by atoms with Crippen LogP contribution in [0.15, 0.2) is 0 Å². The molecule has 0 heterocycles. The topological polar surface area (TPSA) is 81.4 Å². The molecule has 0 radical (unpaired) electrons. The van der Waals surface area contributed by atoms with Crippen LogP contribution in [-0.2, 0) is 9.53 Å². The van der Waals surface area contributed by atoms with Gasteiger partial charge in [-0.3, -0.25) is 4.79 Å². The molecule has 0 saturated carbocycles.